The third kappa shape index (κ3) is 6.83. The van der Waals surface area contributed by atoms with Crippen LogP contribution in [0.5, 0.6) is 0 Å². The molecule has 0 saturated carbocycles. The number of benzene rings is 1. The van der Waals surface area contributed by atoms with Gasteiger partial charge in [-0.05, 0) is 50.6 Å². The lowest BCUT2D eigenvalue weighted by molar-refractivity contribution is -0.00834. The third-order valence-electron chi connectivity index (χ3n) is 5.28. The highest BCUT2D eigenvalue weighted by Gasteiger charge is 2.28. The first kappa shape index (κ1) is 22.8. The van der Waals surface area contributed by atoms with Crippen LogP contribution in [0.2, 0.25) is 0 Å². The fraction of sp³-hybridized carbons (Fsp3) is 0.478. The van der Waals surface area contributed by atoms with Crippen molar-refractivity contribution in [2.75, 3.05) is 44.7 Å². The van der Waals surface area contributed by atoms with E-state index in [4.69, 9.17) is 14.1 Å². The molecular weight excluding hydrogens is 394 g/mol. The molecular formula is C23H33N5O3. The molecule has 0 unspecified atom stereocenters. The van der Waals surface area contributed by atoms with E-state index in [1.54, 1.807) is 12.1 Å². The fourth-order valence-corrected chi connectivity index (χ4v) is 3.39. The Bertz CT molecular complexity index is 841. The highest BCUT2D eigenvalue weighted by Crippen LogP contribution is 2.15. The van der Waals surface area contributed by atoms with E-state index in [0.29, 0.717) is 12.2 Å². The summed E-state index contributed by atoms with van der Waals surface area (Å²) in [5, 5.41) is 9.60. The van der Waals surface area contributed by atoms with Crippen LogP contribution in [0.15, 0.2) is 52.1 Å². The Morgan fingerprint density at radius 1 is 1.13 bits per heavy atom. The zero-order valence-corrected chi connectivity index (χ0v) is 18.6. The number of aliphatic imine (C=N–C) groups is 1. The van der Waals surface area contributed by atoms with Gasteiger partial charge in [-0.25, -0.2) is 4.99 Å². The highest BCUT2D eigenvalue weighted by atomic mass is 16.5. The normalized spacial score (nSPS) is 15.5. The molecule has 1 amide bonds. The lowest BCUT2D eigenvalue weighted by Crippen LogP contribution is -2.56. The molecule has 0 bridgehead atoms. The van der Waals surface area contributed by atoms with Gasteiger partial charge < -0.3 is 25.1 Å². The van der Waals surface area contributed by atoms with Gasteiger partial charge in [0.2, 0.25) is 0 Å². The van der Waals surface area contributed by atoms with E-state index < -0.39 is 0 Å². The molecule has 1 saturated heterocycles. The number of amides is 1. The number of morpholine rings is 1. The number of nitrogens with zero attached hydrogens (tertiary/aromatic N) is 2. The monoisotopic (exact) mass is 427 g/mol. The molecule has 0 radical (unpaired) electrons. The van der Waals surface area contributed by atoms with Gasteiger partial charge in [0, 0.05) is 37.4 Å². The molecule has 1 aliphatic heterocycles. The summed E-state index contributed by atoms with van der Waals surface area (Å²) < 4.78 is 10.6. The number of rotatable bonds is 8. The van der Waals surface area contributed by atoms with Crippen LogP contribution in [0.25, 0.3) is 0 Å². The number of hydrogen-bond acceptors (Lipinski definition) is 5. The predicted molar refractivity (Wildman–Crippen MR) is 122 cm³/mol. The fourth-order valence-electron chi connectivity index (χ4n) is 3.39. The summed E-state index contributed by atoms with van der Waals surface area (Å²) in [5.74, 6) is 0.811. The molecule has 3 N–H and O–H groups in total. The van der Waals surface area contributed by atoms with E-state index >= 15 is 0 Å². The second-order valence-electron chi connectivity index (χ2n) is 8.09. The van der Waals surface area contributed by atoms with E-state index in [1.807, 2.05) is 24.3 Å². The molecule has 8 nitrogen and oxygen atoms in total. The first-order valence-electron chi connectivity index (χ1n) is 10.8. The molecule has 0 spiro atoms. The summed E-state index contributed by atoms with van der Waals surface area (Å²) in [6.45, 7) is 12.1. The van der Waals surface area contributed by atoms with Crippen LogP contribution in [-0.2, 0) is 11.3 Å². The molecule has 1 fully saturated rings. The van der Waals surface area contributed by atoms with E-state index in [2.05, 4.69) is 41.6 Å². The van der Waals surface area contributed by atoms with Crippen LogP contribution in [0.3, 0.4) is 0 Å². The van der Waals surface area contributed by atoms with Crippen molar-refractivity contribution in [1.29, 1.82) is 0 Å². The maximum Gasteiger partial charge on any atom is 0.291 e. The Morgan fingerprint density at radius 3 is 2.52 bits per heavy atom. The van der Waals surface area contributed by atoms with Crippen molar-refractivity contribution in [1.82, 2.24) is 15.5 Å². The quantitative estimate of drug-likeness (QED) is 0.443. The Kier molecular flexibility index (Phi) is 8.08. The van der Waals surface area contributed by atoms with Crippen molar-refractivity contribution in [3.8, 4) is 0 Å². The number of anilines is 1. The Hall–Kier alpha value is -2.84. The highest BCUT2D eigenvalue weighted by molar-refractivity contribution is 6.02. The van der Waals surface area contributed by atoms with Crippen LogP contribution in [0.4, 0.5) is 5.69 Å². The molecule has 1 aromatic heterocycles. The van der Waals surface area contributed by atoms with Crippen LogP contribution < -0.4 is 16.0 Å². The molecule has 0 aliphatic carbocycles. The maximum atomic E-state index is 12.1. The van der Waals surface area contributed by atoms with Gasteiger partial charge in [0.1, 0.15) is 0 Å². The largest absolute Gasteiger partial charge is 0.459 e. The minimum Gasteiger partial charge on any atom is -0.459 e. The Morgan fingerprint density at radius 2 is 1.87 bits per heavy atom. The molecule has 168 valence electrons. The first-order valence-corrected chi connectivity index (χ1v) is 10.8. The van der Waals surface area contributed by atoms with Gasteiger partial charge in [-0.1, -0.05) is 12.1 Å². The minimum absolute atomic E-state index is 0.00776. The van der Waals surface area contributed by atoms with E-state index in [9.17, 15) is 4.79 Å². The standard InChI is InChI=1S/C23H33N5O3/c1-4-24-22(26-17-23(2,3)28-11-14-30-15-12-28)25-16-18-7-9-19(10-8-18)27-21(29)20-6-5-13-31-20/h5-10,13H,4,11-12,14-17H2,1-3H3,(H,27,29)(H2,24,25,26). The van der Waals surface area contributed by atoms with E-state index in [1.165, 1.54) is 6.26 Å². The molecule has 1 aromatic carbocycles. The summed E-state index contributed by atoms with van der Waals surface area (Å²) in [6, 6.07) is 11.0. The zero-order chi connectivity index (χ0) is 22.1. The molecule has 3 rings (SSSR count). The van der Waals surface area contributed by atoms with Gasteiger partial charge in [-0.15, -0.1) is 0 Å². The summed E-state index contributed by atoms with van der Waals surface area (Å²) in [5.41, 5.74) is 1.78. The predicted octanol–water partition coefficient (Wildman–Crippen LogP) is 2.70. The first-order chi connectivity index (χ1) is 15.0. The van der Waals surface area contributed by atoms with Gasteiger partial charge in [0.25, 0.3) is 5.91 Å². The number of nitrogens with one attached hydrogen (secondary N) is 3. The Labute approximate surface area is 184 Å². The molecule has 8 heteroatoms. The third-order valence-corrected chi connectivity index (χ3v) is 5.28. The molecule has 31 heavy (non-hydrogen) atoms. The van der Waals surface area contributed by atoms with Gasteiger partial charge in [-0.2, -0.15) is 0 Å². The number of ether oxygens (including phenoxy) is 1. The van der Waals surface area contributed by atoms with Crippen molar-refractivity contribution in [3.63, 3.8) is 0 Å². The van der Waals surface area contributed by atoms with Crippen LogP contribution in [0.1, 0.15) is 36.9 Å². The SMILES string of the molecule is CCNC(=NCc1ccc(NC(=O)c2ccco2)cc1)NCC(C)(C)N1CCOCC1. The zero-order valence-electron chi connectivity index (χ0n) is 18.6. The topological polar surface area (TPSA) is 91.1 Å². The number of guanidine groups is 1. The van der Waals surface area contributed by atoms with Gasteiger partial charge in [0.05, 0.1) is 26.0 Å². The summed E-state index contributed by atoms with van der Waals surface area (Å²) in [6.07, 6.45) is 1.48. The van der Waals surface area contributed by atoms with E-state index in [-0.39, 0.29) is 17.2 Å². The number of carbonyl (C=O) groups is 1. The summed E-state index contributed by atoms with van der Waals surface area (Å²) in [4.78, 5) is 19.2. The lowest BCUT2D eigenvalue weighted by Gasteiger charge is -2.41. The molecule has 1 aliphatic rings. The minimum atomic E-state index is -0.266. The summed E-state index contributed by atoms with van der Waals surface area (Å²) >= 11 is 0. The second kappa shape index (κ2) is 11.0. The maximum absolute atomic E-state index is 12.1. The number of carbonyl (C=O) groups excluding carboxylic acids is 1. The van der Waals surface area contributed by atoms with Gasteiger partial charge in [-0.3, -0.25) is 9.69 Å². The molecule has 2 heterocycles. The lowest BCUT2D eigenvalue weighted by atomic mass is 10.0. The van der Waals surface area contributed by atoms with Crippen molar-refractivity contribution in [2.24, 2.45) is 4.99 Å². The van der Waals surface area contributed by atoms with Crippen LogP contribution in [-0.4, -0.2) is 61.7 Å². The second-order valence-corrected chi connectivity index (χ2v) is 8.09. The average Bonchev–Trinajstić information content (AvgIpc) is 3.32. The van der Waals surface area contributed by atoms with Crippen LogP contribution in [0, 0.1) is 0 Å². The van der Waals surface area contributed by atoms with E-state index in [0.717, 1.165) is 50.9 Å². The van der Waals surface area contributed by atoms with Gasteiger partial charge >= 0.3 is 0 Å². The molecule has 0 atom stereocenters. The van der Waals surface area contributed by atoms with Crippen LogP contribution >= 0.6 is 0 Å². The van der Waals surface area contributed by atoms with Crippen molar-refractivity contribution >= 4 is 17.6 Å². The number of furan rings is 1. The smallest absolute Gasteiger partial charge is 0.291 e. The van der Waals surface area contributed by atoms with Crippen molar-refractivity contribution < 1.29 is 13.9 Å². The molecule has 2 aromatic rings. The van der Waals surface area contributed by atoms with Crippen molar-refractivity contribution in [2.45, 2.75) is 32.9 Å². The Balaban J connectivity index is 1.53. The summed E-state index contributed by atoms with van der Waals surface area (Å²) in [7, 11) is 0. The van der Waals surface area contributed by atoms with Crippen molar-refractivity contribution in [3.05, 3.63) is 54.0 Å². The number of hydrogen-bond donors (Lipinski definition) is 3. The van der Waals surface area contributed by atoms with Gasteiger partial charge in [0.15, 0.2) is 11.7 Å². The average molecular weight is 428 g/mol.